The molecule has 0 aliphatic carbocycles. The molecule has 19 heavy (non-hydrogen) atoms. The number of hydrogen-bond donors (Lipinski definition) is 1. The summed E-state index contributed by atoms with van der Waals surface area (Å²) in [4.78, 5) is 0. The minimum atomic E-state index is 0.607. The van der Waals surface area contributed by atoms with Gasteiger partial charge in [-0.1, -0.05) is 65.7 Å². The van der Waals surface area contributed by atoms with Gasteiger partial charge in [0.2, 0.25) is 0 Å². The molecule has 1 aliphatic rings. The minimum Gasteiger partial charge on any atom is -0.316 e. The van der Waals surface area contributed by atoms with Crippen molar-refractivity contribution in [2.45, 2.75) is 91.4 Å². The standard InChI is InChI=1S/C18H37N/c1-4-6-8-9-10-14-18(3,13-7-5-2)17-12-11-15-19-16-17/h17,19H,4-16H2,1-3H3. The molecule has 0 saturated carbocycles. The second-order valence-corrected chi connectivity index (χ2v) is 6.97. The van der Waals surface area contributed by atoms with Crippen molar-refractivity contribution in [2.75, 3.05) is 13.1 Å². The molecule has 0 spiro atoms. The lowest BCUT2D eigenvalue weighted by Crippen LogP contribution is -2.40. The predicted octanol–water partition coefficient (Wildman–Crippen LogP) is 5.54. The van der Waals surface area contributed by atoms with Gasteiger partial charge in [-0.15, -0.1) is 0 Å². The van der Waals surface area contributed by atoms with Crippen LogP contribution in [0.3, 0.4) is 0 Å². The Morgan fingerprint density at radius 3 is 2.26 bits per heavy atom. The first-order valence-corrected chi connectivity index (χ1v) is 8.93. The summed E-state index contributed by atoms with van der Waals surface area (Å²) in [5.74, 6) is 0.930. The Kier molecular flexibility index (Phi) is 8.77. The Hall–Kier alpha value is -0.0400. The molecular formula is C18H37N. The van der Waals surface area contributed by atoms with Gasteiger partial charge in [-0.25, -0.2) is 0 Å². The third-order valence-corrected chi connectivity index (χ3v) is 5.24. The molecule has 1 fully saturated rings. The van der Waals surface area contributed by atoms with Crippen molar-refractivity contribution in [1.29, 1.82) is 0 Å². The highest BCUT2D eigenvalue weighted by Crippen LogP contribution is 2.41. The van der Waals surface area contributed by atoms with E-state index in [4.69, 9.17) is 0 Å². The summed E-state index contributed by atoms with van der Waals surface area (Å²) in [7, 11) is 0. The van der Waals surface area contributed by atoms with E-state index in [1.54, 1.807) is 0 Å². The van der Waals surface area contributed by atoms with Crippen molar-refractivity contribution in [1.82, 2.24) is 5.32 Å². The molecule has 0 bridgehead atoms. The maximum Gasteiger partial charge on any atom is -0.00153 e. The molecule has 1 N–H and O–H groups in total. The fourth-order valence-corrected chi connectivity index (χ4v) is 3.69. The molecule has 1 aliphatic heterocycles. The number of nitrogens with one attached hydrogen (secondary N) is 1. The molecule has 0 aromatic heterocycles. The van der Waals surface area contributed by atoms with Crippen LogP contribution in [0.5, 0.6) is 0 Å². The van der Waals surface area contributed by atoms with Crippen LogP contribution in [0, 0.1) is 11.3 Å². The van der Waals surface area contributed by atoms with Crippen molar-refractivity contribution in [2.24, 2.45) is 11.3 Å². The first-order valence-electron chi connectivity index (χ1n) is 8.93. The Morgan fingerprint density at radius 2 is 1.63 bits per heavy atom. The molecule has 0 amide bonds. The summed E-state index contributed by atoms with van der Waals surface area (Å²) in [6.07, 6.45) is 15.7. The molecule has 0 aromatic rings. The molecule has 1 saturated heterocycles. The zero-order chi connectivity index (χ0) is 14.0. The van der Waals surface area contributed by atoms with E-state index in [-0.39, 0.29) is 0 Å². The van der Waals surface area contributed by atoms with E-state index in [0.717, 1.165) is 5.92 Å². The highest BCUT2D eigenvalue weighted by molar-refractivity contribution is 4.86. The molecule has 1 rings (SSSR count). The van der Waals surface area contributed by atoms with Crippen LogP contribution >= 0.6 is 0 Å². The van der Waals surface area contributed by atoms with Gasteiger partial charge in [-0.05, 0) is 50.1 Å². The van der Waals surface area contributed by atoms with E-state index in [2.05, 4.69) is 26.1 Å². The van der Waals surface area contributed by atoms with Crippen molar-refractivity contribution >= 4 is 0 Å². The topological polar surface area (TPSA) is 12.0 Å². The SMILES string of the molecule is CCCCCCCC(C)(CCCC)C1CCCNC1. The van der Waals surface area contributed by atoms with Crippen LogP contribution in [0.1, 0.15) is 91.4 Å². The summed E-state index contributed by atoms with van der Waals surface area (Å²) in [5.41, 5.74) is 0.607. The second-order valence-electron chi connectivity index (χ2n) is 6.97. The van der Waals surface area contributed by atoms with Crippen LogP contribution < -0.4 is 5.32 Å². The van der Waals surface area contributed by atoms with Crippen molar-refractivity contribution in [3.05, 3.63) is 0 Å². The molecule has 1 heteroatoms. The van der Waals surface area contributed by atoms with Crippen LogP contribution in [-0.4, -0.2) is 13.1 Å². The predicted molar refractivity (Wildman–Crippen MR) is 86.6 cm³/mol. The van der Waals surface area contributed by atoms with Crippen molar-refractivity contribution in [3.8, 4) is 0 Å². The first-order chi connectivity index (χ1) is 9.23. The van der Waals surface area contributed by atoms with Gasteiger partial charge >= 0.3 is 0 Å². The van der Waals surface area contributed by atoms with E-state index in [9.17, 15) is 0 Å². The highest BCUT2D eigenvalue weighted by atomic mass is 14.9. The number of rotatable bonds is 10. The Balaban J connectivity index is 2.39. The lowest BCUT2D eigenvalue weighted by Gasteiger charge is -2.41. The molecule has 1 nitrogen and oxygen atoms in total. The normalized spacial score (nSPS) is 23.2. The summed E-state index contributed by atoms with van der Waals surface area (Å²) in [6, 6.07) is 0. The Morgan fingerprint density at radius 1 is 0.947 bits per heavy atom. The molecule has 2 unspecified atom stereocenters. The maximum absolute atomic E-state index is 3.63. The van der Waals surface area contributed by atoms with Crippen molar-refractivity contribution in [3.63, 3.8) is 0 Å². The third kappa shape index (κ3) is 6.29. The van der Waals surface area contributed by atoms with Gasteiger partial charge in [-0.3, -0.25) is 0 Å². The molecule has 114 valence electrons. The second kappa shape index (κ2) is 9.80. The number of unbranched alkanes of at least 4 members (excludes halogenated alkanes) is 5. The van der Waals surface area contributed by atoms with E-state index in [0.29, 0.717) is 5.41 Å². The zero-order valence-corrected chi connectivity index (χ0v) is 13.8. The summed E-state index contributed by atoms with van der Waals surface area (Å²) in [6.45, 7) is 9.74. The average molecular weight is 268 g/mol. The van der Waals surface area contributed by atoms with Gasteiger partial charge < -0.3 is 5.32 Å². The van der Waals surface area contributed by atoms with Gasteiger partial charge in [0.1, 0.15) is 0 Å². The van der Waals surface area contributed by atoms with Gasteiger partial charge in [0.05, 0.1) is 0 Å². The maximum atomic E-state index is 3.63. The fraction of sp³-hybridized carbons (Fsp3) is 1.00. The molecule has 0 radical (unpaired) electrons. The smallest absolute Gasteiger partial charge is 0.00153 e. The van der Waals surface area contributed by atoms with E-state index >= 15 is 0 Å². The van der Waals surface area contributed by atoms with Crippen molar-refractivity contribution < 1.29 is 0 Å². The van der Waals surface area contributed by atoms with E-state index in [1.165, 1.54) is 83.7 Å². The van der Waals surface area contributed by atoms with Gasteiger partial charge in [0.25, 0.3) is 0 Å². The number of piperidine rings is 1. The number of hydrogen-bond acceptors (Lipinski definition) is 1. The van der Waals surface area contributed by atoms with Crippen LogP contribution in [0.25, 0.3) is 0 Å². The summed E-state index contributed by atoms with van der Waals surface area (Å²) < 4.78 is 0. The minimum absolute atomic E-state index is 0.607. The molecular weight excluding hydrogens is 230 g/mol. The summed E-state index contributed by atoms with van der Waals surface area (Å²) in [5, 5.41) is 3.63. The lowest BCUT2D eigenvalue weighted by atomic mass is 9.67. The van der Waals surface area contributed by atoms with Gasteiger partial charge in [0, 0.05) is 0 Å². The highest BCUT2D eigenvalue weighted by Gasteiger charge is 2.33. The largest absolute Gasteiger partial charge is 0.316 e. The van der Waals surface area contributed by atoms with Crippen LogP contribution in [0.15, 0.2) is 0 Å². The monoisotopic (exact) mass is 267 g/mol. The zero-order valence-electron chi connectivity index (χ0n) is 13.8. The average Bonchev–Trinajstić information content (AvgIpc) is 2.46. The molecule has 2 atom stereocenters. The third-order valence-electron chi connectivity index (χ3n) is 5.24. The molecule has 0 aromatic carbocycles. The van der Waals surface area contributed by atoms with E-state index in [1.807, 2.05) is 0 Å². The van der Waals surface area contributed by atoms with Crippen LogP contribution in [0.2, 0.25) is 0 Å². The quantitative estimate of drug-likeness (QED) is 0.512. The van der Waals surface area contributed by atoms with Gasteiger partial charge in [-0.2, -0.15) is 0 Å². The van der Waals surface area contributed by atoms with Crippen LogP contribution in [-0.2, 0) is 0 Å². The lowest BCUT2D eigenvalue weighted by molar-refractivity contribution is 0.116. The van der Waals surface area contributed by atoms with Gasteiger partial charge in [0.15, 0.2) is 0 Å². The Labute approximate surface area is 121 Å². The van der Waals surface area contributed by atoms with E-state index < -0.39 is 0 Å². The van der Waals surface area contributed by atoms with Crippen LogP contribution in [0.4, 0.5) is 0 Å². The fourth-order valence-electron chi connectivity index (χ4n) is 3.69. The summed E-state index contributed by atoms with van der Waals surface area (Å²) >= 11 is 0. The Bertz CT molecular complexity index is 208. The molecule has 1 heterocycles. The first kappa shape index (κ1) is 17.0.